The number of aromatic nitrogens is 2. The van der Waals surface area contributed by atoms with E-state index >= 15 is 0 Å². The maximum Gasteiger partial charge on any atom is 0.257 e. The second-order valence-electron chi connectivity index (χ2n) is 4.17. The van der Waals surface area contributed by atoms with Gasteiger partial charge in [0.1, 0.15) is 5.82 Å². The Kier molecular flexibility index (Phi) is 4.63. The minimum atomic E-state index is -0.238. The summed E-state index contributed by atoms with van der Waals surface area (Å²) in [7, 11) is 0. The fraction of sp³-hybridized carbons (Fsp3) is 0.286. The Balaban J connectivity index is 2.12. The Morgan fingerprint density at radius 2 is 2.05 bits per heavy atom. The molecule has 1 aromatic heterocycles. The second-order valence-corrected chi connectivity index (χ2v) is 5.22. The van der Waals surface area contributed by atoms with Gasteiger partial charge in [-0.3, -0.25) is 4.79 Å². The molecule has 0 atom stereocenters. The van der Waals surface area contributed by atoms with Crippen molar-refractivity contribution in [1.82, 2.24) is 9.97 Å². The highest BCUT2D eigenvalue weighted by atomic mass is 32.2. The largest absolute Gasteiger partial charge is 0.493 e. The van der Waals surface area contributed by atoms with Crippen molar-refractivity contribution >= 4 is 11.8 Å². The Morgan fingerprint density at radius 3 is 2.68 bits per heavy atom. The first kappa shape index (κ1) is 13.7. The Bertz CT molecular complexity index is 596. The molecule has 0 saturated carbocycles. The molecule has 0 fully saturated rings. The summed E-state index contributed by atoms with van der Waals surface area (Å²) in [5.74, 6) is 0.879. The number of hydrogen-bond donors (Lipinski definition) is 2. The lowest BCUT2D eigenvalue weighted by molar-refractivity contribution is 0.440. The quantitative estimate of drug-likeness (QED) is 0.824. The van der Waals surface area contributed by atoms with Gasteiger partial charge in [0.05, 0.1) is 11.3 Å². The molecule has 19 heavy (non-hydrogen) atoms. The van der Waals surface area contributed by atoms with Gasteiger partial charge in [-0.25, -0.2) is 0 Å². The standard InChI is InChI=1S/C14H16N2O2S/c1-2-6-11-13(17)15-12(16-14(11)18)9-19-10-7-4-3-5-8-10/h3-5,7-8H,2,6,9H2,1H3,(H2,15,16,17,18). The second kappa shape index (κ2) is 6.43. The van der Waals surface area contributed by atoms with Gasteiger partial charge < -0.3 is 10.1 Å². The molecule has 0 unspecified atom stereocenters. The lowest BCUT2D eigenvalue weighted by atomic mass is 10.2. The molecule has 100 valence electrons. The molecule has 2 N–H and O–H groups in total. The summed E-state index contributed by atoms with van der Waals surface area (Å²) in [5.41, 5.74) is 0.133. The highest BCUT2D eigenvalue weighted by Crippen LogP contribution is 2.21. The van der Waals surface area contributed by atoms with Crippen LogP contribution in [0.15, 0.2) is 40.0 Å². The summed E-state index contributed by atoms with van der Waals surface area (Å²) in [6.07, 6.45) is 1.34. The topological polar surface area (TPSA) is 66.0 Å². The van der Waals surface area contributed by atoms with E-state index in [1.807, 2.05) is 37.3 Å². The van der Waals surface area contributed by atoms with Crippen LogP contribution in [0.4, 0.5) is 0 Å². The van der Waals surface area contributed by atoms with Crippen LogP contribution in [0.5, 0.6) is 5.88 Å². The zero-order valence-electron chi connectivity index (χ0n) is 10.7. The van der Waals surface area contributed by atoms with Crippen molar-refractivity contribution in [2.24, 2.45) is 0 Å². The van der Waals surface area contributed by atoms with Gasteiger partial charge in [0.2, 0.25) is 5.88 Å². The molecule has 2 rings (SSSR count). The first-order valence-electron chi connectivity index (χ1n) is 6.19. The molecule has 0 bridgehead atoms. The van der Waals surface area contributed by atoms with Crippen molar-refractivity contribution < 1.29 is 5.11 Å². The van der Waals surface area contributed by atoms with Gasteiger partial charge in [0.25, 0.3) is 5.56 Å². The molecule has 1 heterocycles. The number of thioether (sulfide) groups is 1. The molecular formula is C14H16N2O2S. The number of benzene rings is 1. The molecule has 0 saturated heterocycles. The van der Waals surface area contributed by atoms with Crippen LogP contribution in [-0.4, -0.2) is 15.1 Å². The van der Waals surface area contributed by atoms with Gasteiger partial charge in [0, 0.05) is 4.90 Å². The van der Waals surface area contributed by atoms with Crippen molar-refractivity contribution in [2.45, 2.75) is 30.4 Å². The predicted octanol–water partition coefficient (Wildman–Crippen LogP) is 2.72. The van der Waals surface area contributed by atoms with E-state index < -0.39 is 0 Å². The minimum Gasteiger partial charge on any atom is -0.493 e. The first-order valence-corrected chi connectivity index (χ1v) is 7.18. The van der Waals surface area contributed by atoms with E-state index in [9.17, 15) is 9.90 Å². The van der Waals surface area contributed by atoms with Gasteiger partial charge in [-0.15, -0.1) is 11.8 Å². The summed E-state index contributed by atoms with van der Waals surface area (Å²) in [4.78, 5) is 19.7. The van der Waals surface area contributed by atoms with E-state index in [-0.39, 0.29) is 11.4 Å². The van der Waals surface area contributed by atoms with E-state index in [0.717, 1.165) is 11.3 Å². The number of H-pyrrole nitrogens is 1. The summed E-state index contributed by atoms with van der Waals surface area (Å²) in [5, 5.41) is 9.76. The van der Waals surface area contributed by atoms with Gasteiger partial charge in [-0.2, -0.15) is 4.98 Å². The zero-order chi connectivity index (χ0) is 13.7. The van der Waals surface area contributed by atoms with Crippen molar-refractivity contribution in [3.8, 4) is 5.88 Å². The third kappa shape index (κ3) is 3.61. The van der Waals surface area contributed by atoms with Crippen LogP contribution in [0.25, 0.3) is 0 Å². The number of rotatable bonds is 5. The third-order valence-electron chi connectivity index (χ3n) is 2.66. The molecule has 0 aliphatic heterocycles. The summed E-state index contributed by atoms with van der Waals surface area (Å²) in [6.45, 7) is 1.96. The monoisotopic (exact) mass is 276 g/mol. The van der Waals surface area contributed by atoms with Gasteiger partial charge in [0.15, 0.2) is 0 Å². The van der Waals surface area contributed by atoms with E-state index in [4.69, 9.17) is 0 Å². The van der Waals surface area contributed by atoms with Crippen molar-refractivity contribution in [3.63, 3.8) is 0 Å². The normalized spacial score (nSPS) is 10.6. The molecule has 1 aromatic carbocycles. The first-order chi connectivity index (χ1) is 9.20. The Morgan fingerprint density at radius 1 is 1.32 bits per heavy atom. The van der Waals surface area contributed by atoms with E-state index in [1.165, 1.54) is 0 Å². The van der Waals surface area contributed by atoms with Crippen LogP contribution in [0.2, 0.25) is 0 Å². The van der Waals surface area contributed by atoms with Crippen molar-refractivity contribution in [2.75, 3.05) is 0 Å². The maximum atomic E-state index is 11.8. The van der Waals surface area contributed by atoms with Gasteiger partial charge >= 0.3 is 0 Å². The van der Waals surface area contributed by atoms with Crippen LogP contribution in [0, 0.1) is 0 Å². The molecule has 0 aliphatic rings. The summed E-state index contributed by atoms with van der Waals surface area (Å²) < 4.78 is 0. The number of hydrogen-bond acceptors (Lipinski definition) is 4. The van der Waals surface area contributed by atoms with Gasteiger partial charge in [-0.05, 0) is 18.6 Å². The zero-order valence-corrected chi connectivity index (χ0v) is 11.5. The van der Waals surface area contributed by atoms with E-state index in [1.54, 1.807) is 11.8 Å². The highest BCUT2D eigenvalue weighted by molar-refractivity contribution is 7.98. The average molecular weight is 276 g/mol. The van der Waals surface area contributed by atoms with Crippen LogP contribution < -0.4 is 5.56 Å². The molecule has 5 heteroatoms. The molecule has 0 aliphatic carbocycles. The molecule has 0 spiro atoms. The summed E-state index contributed by atoms with van der Waals surface area (Å²) >= 11 is 1.57. The van der Waals surface area contributed by atoms with Gasteiger partial charge in [-0.1, -0.05) is 31.5 Å². The molecule has 2 aromatic rings. The Labute approximate surface area is 115 Å². The number of aromatic amines is 1. The van der Waals surface area contributed by atoms with Crippen molar-refractivity contribution in [3.05, 3.63) is 52.1 Å². The van der Waals surface area contributed by atoms with Crippen molar-refractivity contribution in [1.29, 1.82) is 0 Å². The Hall–Kier alpha value is -1.75. The van der Waals surface area contributed by atoms with Crippen LogP contribution >= 0.6 is 11.8 Å². The fourth-order valence-corrected chi connectivity index (χ4v) is 2.53. The number of aromatic hydroxyl groups is 1. The van der Waals surface area contributed by atoms with Crippen LogP contribution in [0.1, 0.15) is 24.7 Å². The van der Waals surface area contributed by atoms with E-state index in [0.29, 0.717) is 23.6 Å². The highest BCUT2D eigenvalue weighted by Gasteiger charge is 2.09. The lowest BCUT2D eigenvalue weighted by Crippen LogP contribution is -2.16. The maximum absolute atomic E-state index is 11.8. The fourth-order valence-electron chi connectivity index (χ4n) is 1.74. The third-order valence-corrected chi connectivity index (χ3v) is 3.68. The smallest absolute Gasteiger partial charge is 0.257 e. The molecule has 4 nitrogen and oxygen atoms in total. The minimum absolute atomic E-state index is 0.144. The number of nitrogens with one attached hydrogen (secondary N) is 1. The average Bonchev–Trinajstić information content (AvgIpc) is 2.42. The van der Waals surface area contributed by atoms with Crippen LogP contribution in [0.3, 0.4) is 0 Å². The number of nitrogens with zero attached hydrogens (tertiary/aromatic N) is 1. The van der Waals surface area contributed by atoms with Crippen LogP contribution in [-0.2, 0) is 12.2 Å². The summed E-state index contributed by atoms with van der Waals surface area (Å²) in [6, 6.07) is 9.86. The predicted molar refractivity (Wildman–Crippen MR) is 76.5 cm³/mol. The molecular weight excluding hydrogens is 260 g/mol. The van der Waals surface area contributed by atoms with E-state index in [2.05, 4.69) is 9.97 Å². The molecule has 0 amide bonds. The lowest BCUT2D eigenvalue weighted by Gasteiger charge is -2.05. The SMILES string of the molecule is CCCc1c(O)nc(CSc2ccccc2)[nH]c1=O. The molecule has 0 radical (unpaired) electrons.